The molecule has 0 aliphatic heterocycles. The molecule has 0 aromatic rings. The van der Waals surface area contributed by atoms with E-state index in [9.17, 15) is 9.59 Å². The summed E-state index contributed by atoms with van der Waals surface area (Å²) >= 11 is 3.63. The van der Waals surface area contributed by atoms with Gasteiger partial charge in [-0.2, -0.15) is 12.6 Å². The zero-order valence-corrected chi connectivity index (χ0v) is 7.19. The van der Waals surface area contributed by atoms with Crippen molar-refractivity contribution in [2.45, 2.75) is 13.3 Å². The number of hydrogen-bond acceptors (Lipinski definition) is 4. The standard InChI is InChI=1S/C7H10O3S/c1-3-5(2)7(9)10-6(8)4-11/h11H,2-4H2,1H3. The maximum atomic E-state index is 10.8. The molecule has 11 heavy (non-hydrogen) atoms. The van der Waals surface area contributed by atoms with E-state index in [0.29, 0.717) is 12.0 Å². The molecule has 0 rings (SSSR count). The highest BCUT2D eigenvalue weighted by Crippen LogP contribution is 1.99. The molecule has 3 nitrogen and oxygen atoms in total. The third kappa shape index (κ3) is 3.83. The average molecular weight is 174 g/mol. The Kier molecular flexibility index (Phi) is 4.61. The van der Waals surface area contributed by atoms with Crippen molar-refractivity contribution in [2.75, 3.05) is 5.75 Å². The van der Waals surface area contributed by atoms with E-state index in [0.717, 1.165) is 0 Å². The average Bonchev–Trinajstić information content (AvgIpc) is 2.02. The summed E-state index contributed by atoms with van der Waals surface area (Å²) in [4.78, 5) is 21.2. The molecule has 0 saturated carbocycles. The second kappa shape index (κ2) is 4.96. The lowest BCUT2D eigenvalue weighted by molar-refractivity contribution is -0.154. The quantitative estimate of drug-likeness (QED) is 0.300. The van der Waals surface area contributed by atoms with Crippen LogP contribution in [0.3, 0.4) is 0 Å². The van der Waals surface area contributed by atoms with Crippen molar-refractivity contribution in [1.82, 2.24) is 0 Å². The molecule has 0 saturated heterocycles. The minimum atomic E-state index is -0.661. The first kappa shape index (κ1) is 10.2. The van der Waals surface area contributed by atoms with Crippen LogP contribution in [0.2, 0.25) is 0 Å². The monoisotopic (exact) mass is 174 g/mol. The third-order valence-electron chi connectivity index (χ3n) is 1.05. The van der Waals surface area contributed by atoms with Crippen molar-refractivity contribution in [3.05, 3.63) is 12.2 Å². The van der Waals surface area contributed by atoms with Gasteiger partial charge in [0.2, 0.25) is 0 Å². The van der Waals surface area contributed by atoms with Gasteiger partial charge in [0, 0.05) is 5.57 Å². The van der Waals surface area contributed by atoms with Gasteiger partial charge >= 0.3 is 11.9 Å². The molecular weight excluding hydrogens is 164 g/mol. The van der Waals surface area contributed by atoms with Crippen molar-refractivity contribution in [3.63, 3.8) is 0 Å². The van der Waals surface area contributed by atoms with Crippen LogP contribution in [-0.2, 0) is 14.3 Å². The SMILES string of the molecule is C=C(CC)C(=O)OC(=O)CS. The minimum Gasteiger partial charge on any atom is -0.389 e. The number of carbonyl (C=O) groups excluding carboxylic acids is 2. The van der Waals surface area contributed by atoms with Crippen molar-refractivity contribution < 1.29 is 14.3 Å². The van der Waals surface area contributed by atoms with Crippen LogP contribution in [0.25, 0.3) is 0 Å². The van der Waals surface area contributed by atoms with E-state index in [1.807, 2.05) is 0 Å². The normalized spacial score (nSPS) is 8.91. The first-order chi connectivity index (χ1) is 5.11. The van der Waals surface area contributed by atoms with Gasteiger partial charge in [-0.05, 0) is 6.42 Å². The third-order valence-corrected chi connectivity index (χ3v) is 1.31. The lowest BCUT2D eigenvalue weighted by Gasteiger charge is -2.00. The van der Waals surface area contributed by atoms with Crippen molar-refractivity contribution in [1.29, 1.82) is 0 Å². The number of rotatable bonds is 3. The lowest BCUT2D eigenvalue weighted by Crippen LogP contribution is -2.14. The summed E-state index contributed by atoms with van der Waals surface area (Å²) in [6, 6.07) is 0. The van der Waals surface area contributed by atoms with Crippen LogP contribution in [0.5, 0.6) is 0 Å². The molecule has 0 N–H and O–H groups in total. The van der Waals surface area contributed by atoms with Gasteiger partial charge in [-0.25, -0.2) is 4.79 Å². The van der Waals surface area contributed by atoms with Crippen molar-refractivity contribution in [3.8, 4) is 0 Å². The predicted molar refractivity (Wildman–Crippen MR) is 44.4 cm³/mol. The maximum absolute atomic E-state index is 10.8. The van der Waals surface area contributed by atoms with Crippen LogP contribution < -0.4 is 0 Å². The molecular formula is C7H10O3S. The molecule has 0 aliphatic rings. The van der Waals surface area contributed by atoms with Crippen LogP contribution in [0.15, 0.2) is 12.2 Å². The van der Waals surface area contributed by atoms with E-state index >= 15 is 0 Å². The zero-order valence-electron chi connectivity index (χ0n) is 6.29. The molecule has 4 heteroatoms. The van der Waals surface area contributed by atoms with Gasteiger partial charge in [-0.15, -0.1) is 0 Å². The molecule has 0 aromatic carbocycles. The Morgan fingerprint density at radius 3 is 2.45 bits per heavy atom. The predicted octanol–water partition coefficient (Wildman–Crippen LogP) is 0.952. The molecule has 62 valence electrons. The molecule has 0 aliphatic carbocycles. The summed E-state index contributed by atoms with van der Waals surface area (Å²) in [6.07, 6.45) is 0.485. The second-order valence-electron chi connectivity index (χ2n) is 1.88. The van der Waals surface area contributed by atoms with E-state index in [4.69, 9.17) is 0 Å². The summed E-state index contributed by atoms with van der Waals surface area (Å²) < 4.78 is 4.30. The number of hydrogen-bond donors (Lipinski definition) is 1. The molecule has 0 spiro atoms. The van der Waals surface area contributed by atoms with E-state index in [1.54, 1.807) is 6.92 Å². The highest BCUT2D eigenvalue weighted by atomic mass is 32.1. The Hall–Kier alpha value is -0.770. The molecule has 0 atom stereocenters. The van der Waals surface area contributed by atoms with Crippen LogP contribution in [0.4, 0.5) is 0 Å². The maximum Gasteiger partial charge on any atom is 0.341 e. The first-order valence-corrected chi connectivity index (χ1v) is 3.78. The number of carbonyl (C=O) groups is 2. The number of thiol groups is 1. The number of ether oxygens (including phenoxy) is 1. The van der Waals surface area contributed by atoms with Gasteiger partial charge < -0.3 is 4.74 Å². The molecule has 0 amide bonds. The summed E-state index contributed by atoms with van der Waals surface area (Å²) in [5, 5.41) is 0. The Morgan fingerprint density at radius 2 is 2.09 bits per heavy atom. The van der Waals surface area contributed by atoms with E-state index in [-0.39, 0.29) is 5.75 Å². The fourth-order valence-corrected chi connectivity index (χ4v) is 0.417. The highest BCUT2D eigenvalue weighted by Gasteiger charge is 2.10. The minimum absolute atomic E-state index is 0.0945. The zero-order chi connectivity index (χ0) is 8.85. The molecule has 0 radical (unpaired) electrons. The van der Waals surface area contributed by atoms with Gasteiger partial charge in [-0.3, -0.25) is 4.79 Å². The van der Waals surface area contributed by atoms with Crippen molar-refractivity contribution >= 4 is 24.6 Å². The van der Waals surface area contributed by atoms with Gasteiger partial charge in [0.15, 0.2) is 0 Å². The fourth-order valence-electron chi connectivity index (χ4n) is 0.352. The van der Waals surface area contributed by atoms with Gasteiger partial charge in [0.05, 0.1) is 5.75 Å². The van der Waals surface area contributed by atoms with Gasteiger partial charge in [0.1, 0.15) is 0 Å². The number of esters is 2. The molecule has 0 bridgehead atoms. The molecule has 0 fully saturated rings. The van der Waals surface area contributed by atoms with Crippen LogP contribution in [0.1, 0.15) is 13.3 Å². The van der Waals surface area contributed by atoms with Crippen LogP contribution >= 0.6 is 12.6 Å². The van der Waals surface area contributed by atoms with Crippen molar-refractivity contribution in [2.24, 2.45) is 0 Å². The van der Waals surface area contributed by atoms with E-state index in [1.165, 1.54) is 0 Å². The van der Waals surface area contributed by atoms with Crippen LogP contribution in [0, 0.1) is 0 Å². The Bertz CT molecular complexity index is 186. The van der Waals surface area contributed by atoms with Crippen LogP contribution in [-0.4, -0.2) is 17.7 Å². The largest absolute Gasteiger partial charge is 0.389 e. The Balaban J connectivity index is 3.88. The first-order valence-electron chi connectivity index (χ1n) is 3.15. The molecule has 0 unspecified atom stereocenters. The fraction of sp³-hybridized carbons (Fsp3) is 0.429. The summed E-state index contributed by atoms with van der Waals surface area (Å²) in [5.41, 5.74) is 0.292. The highest BCUT2D eigenvalue weighted by molar-refractivity contribution is 7.81. The summed E-state index contributed by atoms with van der Waals surface area (Å²) in [5.74, 6) is -1.40. The summed E-state index contributed by atoms with van der Waals surface area (Å²) in [6.45, 7) is 5.17. The Labute approximate surface area is 70.8 Å². The Morgan fingerprint density at radius 1 is 1.55 bits per heavy atom. The molecule has 0 aromatic heterocycles. The lowest BCUT2D eigenvalue weighted by atomic mass is 10.2. The topological polar surface area (TPSA) is 43.4 Å². The second-order valence-corrected chi connectivity index (χ2v) is 2.19. The molecule has 0 heterocycles. The van der Waals surface area contributed by atoms with E-state index < -0.39 is 11.9 Å². The smallest absolute Gasteiger partial charge is 0.341 e. The summed E-state index contributed by atoms with van der Waals surface area (Å²) in [7, 11) is 0. The van der Waals surface area contributed by atoms with Gasteiger partial charge in [0.25, 0.3) is 0 Å². The van der Waals surface area contributed by atoms with E-state index in [2.05, 4.69) is 23.9 Å². The van der Waals surface area contributed by atoms with Gasteiger partial charge in [-0.1, -0.05) is 13.5 Å².